The summed E-state index contributed by atoms with van der Waals surface area (Å²) in [5.74, 6) is -5.63. The van der Waals surface area contributed by atoms with Crippen molar-refractivity contribution < 1.29 is 39.4 Å². The van der Waals surface area contributed by atoms with Crippen LogP contribution in [-0.4, -0.2) is 58.4 Å². The molecule has 4 bridgehead atoms. The summed E-state index contributed by atoms with van der Waals surface area (Å²) in [5.41, 5.74) is -0.345. The van der Waals surface area contributed by atoms with Gasteiger partial charge < -0.3 is 39.4 Å². The second-order valence-electron chi connectivity index (χ2n) is 11.4. The van der Waals surface area contributed by atoms with Crippen molar-refractivity contribution in [3.05, 3.63) is 54.5 Å². The molecule has 2 aliphatic heterocycles. The number of phenols is 4. The van der Waals surface area contributed by atoms with Crippen LogP contribution in [0.4, 0.5) is 0 Å². The zero-order chi connectivity index (χ0) is 31.3. The van der Waals surface area contributed by atoms with Gasteiger partial charge in [-0.2, -0.15) is 0 Å². The lowest BCUT2D eigenvalue weighted by molar-refractivity contribution is -0.182. The monoisotopic (exact) mass is 758 g/mol. The summed E-state index contributed by atoms with van der Waals surface area (Å²) in [7, 11) is 0. The van der Waals surface area contributed by atoms with Crippen molar-refractivity contribution in [1.29, 1.82) is 0 Å². The predicted octanol–water partition coefficient (Wildman–Crippen LogP) is 7.47. The maximum atomic E-state index is 11.8. The van der Waals surface area contributed by atoms with Crippen molar-refractivity contribution in [2.75, 3.05) is 26.4 Å². The molecule has 8 nitrogen and oxygen atoms in total. The molecule has 3 aromatic carbocycles. The van der Waals surface area contributed by atoms with Gasteiger partial charge in [-0.05, 0) is 12.1 Å². The van der Waals surface area contributed by atoms with Crippen molar-refractivity contribution in [2.24, 2.45) is 0 Å². The van der Waals surface area contributed by atoms with Gasteiger partial charge in [0.05, 0.1) is 46.6 Å². The fourth-order valence-electron chi connectivity index (χ4n) is 8.11. The Labute approximate surface area is 287 Å². The third-order valence-corrected chi connectivity index (χ3v) is 14.8. The first kappa shape index (κ1) is 29.2. The molecule has 4 unspecified atom stereocenters. The SMILES string of the molecule is Oc1c2c(c(O)c3cc4c(O)c5c(c(O)c4cc13)C1(Cl)C(Cl)=C(Cl)C5(Cl)C13OCCO3)C1(Cl)C(Cl)=C(Cl)C2(Cl)C12OCCO2. The van der Waals surface area contributed by atoms with E-state index in [-0.39, 0.29) is 90.4 Å². The van der Waals surface area contributed by atoms with Crippen LogP contribution in [0.15, 0.2) is 32.3 Å². The van der Waals surface area contributed by atoms with Gasteiger partial charge in [0.2, 0.25) is 11.6 Å². The molecule has 0 amide bonds. The summed E-state index contributed by atoms with van der Waals surface area (Å²) >= 11 is 55.3. The molecule has 4 N–H and O–H groups in total. The van der Waals surface area contributed by atoms with Crippen molar-refractivity contribution in [2.45, 2.75) is 31.1 Å². The molecule has 0 radical (unpaired) electrons. The summed E-state index contributed by atoms with van der Waals surface area (Å²) in [6.45, 7) is 0.325. The number of hydrogen-bond donors (Lipinski definition) is 4. The Morgan fingerprint density at radius 2 is 0.636 bits per heavy atom. The molecule has 4 atom stereocenters. The van der Waals surface area contributed by atoms with Crippen LogP contribution in [0.1, 0.15) is 22.3 Å². The molecule has 230 valence electrons. The lowest BCUT2D eigenvalue weighted by Crippen LogP contribution is -2.51. The third-order valence-electron chi connectivity index (χ3n) is 9.80. The van der Waals surface area contributed by atoms with E-state index in [1.54, 1.807) is 0 Å². The Bertz CT molecular complexity index is 1780. The van der Waals surface area contributed by atoms with E-state index in [9.17, 15) is 20.4 Å². The van der Waals surface area contributed by atoms with Gasteiger partial charge in [0, 0.05) is 43.8 Å². The Morgan fingerprint density at radius 1 is 0.432 bits per heavy atom. The van der Waals surface area contributed by atoms with E-state index in [2.05, 4.69) is 0 Å². The van der Waals surface area contributed by atoms with Gasteiger partial charge in [-0.1, -0.05) is 46.4 Å². The van der Waals surface area contributed by atoms with Gasteiger partial charge >= 0.3 is 0 Å². The molecule has 4 aliphatic carbocycles. The third kappa shape index (κ3) is 2.41. The molecule has 44 heavy (non-hydrogen) atoms. The van der Waals surface area contributed by atoms with E-state index in [4.69, 9.17) is 112 Å². The van der Waals surface area contributed by atoms with Gasteiger partial charge in [-0.3, -0.25) is 0 Å². The van der Waals surface area contributed by atoms with E-state index in [1.807, 2.05) is 0 Å². The van der Waals surface area contributed by atoms with Crippen LogP contribution in [0, 0.1) is 0 Å². The van der Waals surface area contributed by atoms with Crippen LogP contribution in [-0.2, 0) is 38.4 Å². The van der Waals surface area contributed by atoms with E-state index in [0.717, 1.165) is 0 Å². The van der Waals surface area contributed by atoms with Crippen LogP contribution < -0.4 is 0 Å². The van der Waals surface area contributed by atoms with Gasteiger partial charge in [-0.25, -0.2) is 0 Å². The zero-order valence-corrected chi connectivity index (χ0v) is 27.5. The summed E-state index contributed by atoms with van der Waals surface area (Å²) < 4.78 is 23.8. The summed E-state index contributed by atoms with van der Waals surface area (Å²) in [4.78, 5) is -7.80. The number of rotatable bonds is 0. The Hall–Kier alpha value is -0.980. The second kappa shape index (κ2) is 8.17. The molecule has 0 saturated carbocycles. The topological polar surface area (TPSA) is 118 Å². The fourth-order valence-corrected chi connectivity index (χ4v) is 12.0. The van der Waals surface area contributed by atoms with Crippen molar-refractivity contribution in [1.82, 2.24) is 0 Å². The Morgan fingerprint density at radius 3 is 0.841 bits per heavy atom. The standard InChI is InChI=1S/C28H14Cl8O8/c29-19-20(30)24(34)12-11(23(19,33)27(24)41-1-2-42-27)15(37)7-5-9-10(6-8(7)16(12)38)18(40)14-13(17(9)39)25(35)21(31)22(32)26(14,36)28(25)43-3-4-44-28/h5-6,37-40H,1-4H2. The maximum Gasteiger partial charge on any atom is 0.226 e. The first-order valence-corrected chi connectivity index (χ1v) is 16.1. The van der Waals surface area contributed by atoms with Crippen LogP contribution >= 0.6 is 92.8 Å². The first-order chi connectivity index (χ1) is 20.6. The lowest BCUT2D eigenvalue weighted by Gasteiger charge is -2.37. The minimum atomic E-state index is -1.95. The largest absolute Gasteiger partial charge is 0.507 e. The van der Waals surface area contributed by atoms with Crippen molar-refractivity contribution >= 4 is 114 Å². The van der Waals surface area contributed by atoms with Gasteiger partial charge in [0.25, 0.3) is 0 Å². The number of halogens is 8. The number of benzene rings is 3. The Balaban J connectivity index is 1.41. The highest BCUT2D eigenvalue weighted by Gasteiger charge is 2.84. The molecule has 2 saturated heterocycles. The molecule has 9 rings (SSSR count). The quantitative estimate of drug-likeness (QED) is 0.106. The summed E-state index contributed by atoms with van der Waals surface area (Å²) in [5, 5.41) is 46.7. The summed E-state index contributed by atoms with van der Waals surface area (Å²) in [6, 6.07) is 2.67. The Kier molecular flexibility index (Phi) is 5.42. The minimum absolute atomic E-state index is 0.0000874. The molecule has 2 heterocycles. The van der Waals surface area contributed by atoms with Gasteiger partial charge in [0.1, 0.15) is 23.0 Å². The molecule has 2 spiro atoms. The highest BCUT2D eigenvalue weighted by molar-refractivity contribution is 6.53. The van der Waals surface area contributed by atoms with Crippen molar-refractivity contribution in [3.63, 3.8) is 0 Å². The average Bonchev–Trinajstić information content (AvgIpc) is 3.80. The predicted molar refractivity (Wildman–Crippen MR) is 165 cm³/mol. The highest BCUT2D eigenvalue weighted by atomic mass is 35.5. The molecule has 3 aromatic rings. The molecule has 2 fully saturated rings. The van der Waals surface area contributed by atoms with E-state index in [0.29, 0.717) is 0 Å². The van der Waals surface area contributed by atoms with E-state index >= 15 is 0 Å². The smallest absolute Gasteiger partial charge is 0.226 e. The molecule has 16 heteroatoms. The van der Waals surface area contributed by atoms with E-state index in [1.165, 1.54) is 12.1 Å². The number of hydrogen-bond acceptors (Lipinski definition) is 8. The number of fused-ring (bicyclic) bond motifs is 8. The summed E-state index contributed by atoms with van der Waals surface area (Å²) in [6.07, 6.45) is 0. The average molecular weight is 762 g/mol. The van der Waals surface area contributed by atoms with Gasteiger partial charge in [0.15, 0.2) is 19.5 Å². The van der Waals surface area contributed by atoms with E-state index < -0.39 is 54.1 Å². The molecule has 6 aliphatic rings. The number of aromatic hydroxyl groups is 4. The van der Waals surface area contributed by atoms with Gasteiger partial charge in [-0.15, -0.1) is 46.4 Å². The molecular weight excluding hydrogens is 748 g/mol. The number of phenolic OH excluding ortho intramolecular Hbond substituents is 4. The molecule has 0 aromatic heterocycles. The van der Waals surface area contributed by atoms with Crippen LogP contribution in [0.2, 0.25) is 0 Å². The molecular formula is C28H14Cl8O8. The number of ether oxygens (including phenoxy) is 4. The fraction of sp³-hybridized carbons (Fsp3) is 0.357. The second-order valence-corrected chi connectivity index (χ2v) is 15.1. The van der Waals surface area contributed by atoms with Crippen LogP contribution in [0.5, 0.6) is 23.0 Å². The normalized spacial score (nSPS) is 35.5. The lowest BCUT2D eigenvalue weighted by atomic mass is 9.86. The van der Waals surface area contributed by atoms with Crippen LogP contribution in [0.25, 0.3) is 21.5 Å². The zero-order valence-electron chi connectivity index (χ0n) is 21.4. The first-order valence-electron chi connectivity index (χ1n) is 13.0. The number of alkyl halides is 4. The maximum absolute atomic E-state index is 11.8. The van der Waals surface area contributed by atoms with Crippen LogP contribution in [0.3, 0.4) is 0 Å². The highest BCUT2D eigenvalue weighted by Crippen LogP contribution is 2.81. The minimum Gasteiger partial charge on any atom is -0.507 e. The van der Waals surface area contributed by atoms with Crippen molar-refractivity contribution in [3.8, 4) is 23.0 Å².